The van der Waals surface area contributed by atoms with E-state index in [2.05, 4.69) is 5.32 Å². The van der Waals surface area contributed by atoms with Gasteiger partial charge in [0.15, 0.2) is 18.2 Å². The molecule has 0 atom stereocenters. The summed E-state index contributed by atoms with van der Waals surface area (Å²) in [5.74, 6) is -0.856. The van der Waals surface area contributed by atoms with E-state index in [0.717, 1.165) is 5.56 Å². The third-order valence-corrected chi connectivity index (χ3v) is 2.95. The maximum Gasteiger partial charge on any atom is 0.262 e. The number of benzene rings is 2. The van der Waals surface area contributed by atoms with Gasteiger partial charge in [0.2, 0.25) is 0 Å². The fourth-order valence-corrected chi connectivity index (χ4v) is 1.85. The number of amides is 1. The smallest absolute Gasteiger partial charge is 0.262 e. The van der Waals surface area contributed by atoms with Crippen molar-refractivity contribution in [3.05, 3.63) is 59.4 Å². The molecule has 4 nitrogen and oxygen atoms in total. The van der Waals surface area contributed by atoms with E-state index in [1.165, 1.54) is 6.07 Å². The van der Waals surface area contributed by atoms with Gasteiger partial charge < -0.3 is 15.8 Å². The van der Waals surface area contributed by atoms with Crippen LogP contribution in [0.3, 0.4) is 0 Å². The summed E-state index contributed by atoms with van der Waals surface area (Å²) in [7, 11) is 0. The van der Waals surface area contributed by atoms with Gasteiger partial charge in [0.25, 0.3) is 5.91 Å². The van der Waals surface area contributed by atoms with Crippen LogP contribution in [0.4, 0.5) is 10.1 Å². The monoisotopic (exact) mass is 288 g/mol. The Morgan fingerprint density at radius 2 is 1.95 bits per heavy atom. The zero-order chi connectivity index (χ0) is 15.2. The van der Waals surface area contributed by atoms with Gasteiger partial charge in [0, 0.05) is 17.8 Å². The van der Waals surface area contributed by atoms with E-state index in [9.17, 15) is 9.18 Å². The van der Waals surface area contributed by atoms with E-state index in [0.29, 0.717) is 11.3 Å². The molecule has 0 aliphatic heterocycles. The number of hydrogen-bond donors (Lipinski definition) is 2. The zero-order valence-corrected chi connectivity index (χ0v) is 11.7. The highest BCUT2D eigenvalue weighted by Crippen LogP contribution is 2.22. The highest BCUT2D eigenvalue weighted by molar-refractivity contribution is 5.91. The average Bonchev–Trinajstić information content (AvgIpc) is 2.48. The lowest BCUT2D eigenvalue weighted by atomic mass is 10.2. The summed E-state index contributed by atoms with van der Waals surface area (Å²) < 4.78 is 18.9. The first kappa shape index (κ1) is 15.0. The van der Waals surface area contributed by atoms with Gasteiger partial charge in [-0.25, -0.2) is 4.39 Å². The van der Waals surface area contributed by atoms with Gasteiger partial charge in [0.1, 0.15) is 0 Å². The van der Waals surface area contributed by atoms with Crippen molar-refractivity contribution in [1.29, 1.82) is 0 Å². The molecule has 0 saturated carbocycles. The van der Waals surface area contributed by atoms with E-state index in [1.807, 2.05) is 19.1 Å². The van der Waals surface area contributed by atoms with Gasteiger partial charge >= 0.3 is 0 Å². The number of rotatable bonds is 5. The SMILES string of the molecule is Cc1ccc(NC(=O)COc2c(F)cccc2CN)cc1. The molecule has 21 heavy (non-hydrogen) atoms. The van der Waals surface area contributed by atoms with Crippen LogP contribution in [-0.2, 0) is 11.3 Å². The Hall–Kier alpha value is -2.40. The summed E-state index contributed by atoms with van der Waals surface area (Å²) in [5, 5.41) is 2.68. The first-order valence-electron chi connectivity index (χ1n) is 6.57. The maximum atomic E-state index is 13.6. The fourth-order valence-electron chi connectivity index (χ4n) is 1.85. The largest absolute Gasteiger partial charge is 0.480 e. The molecule has 0 heterocycles. The van der Waals surface area contributed by atoms with Crippen molar-refractivity contribution in [3.63, 3.8) is 0 Å². The van der Waals surface area contributed by atoms with E-state index in [4.69, 9.17) is 10.5 Å². The second kappa shape index (κ2) is 6.85. The van der Waals surface area contributed by atoms with E-state index < -0.39 is 5.82 Å². The molecule has 0 radical (unpaired) electrons. The van der Waals surface area contributed by atoms with Crippen molar-refractivity contribution in [2.75, 3.05) is 11.9 Å². The first-order valence-corrected chi connectivity index (χ1v) is 6.57. The predicted octanol–water partition coefficient (Wildman–Crippen LogP) is 2.61. The van der Waals surface area contributed by atoms with Crippen LogP contribution in [-0.4, -0.2) is 12.5 Å². The third kappa shape index (κ3) is 4.03. The summed E-state index contributed by atoms with van der Waals surface area (Å²) in [6.07, 6.45) is 0. The van der Waals surface area contributed by atoms with Crippen LogP contribution in [0.5, 0.6) is 5.75 Å². The number of hydrogen-bond acceptors (Lipinski definition) is 3. The fraction of sp³-hybridized carbons (Fsp3) is 0.188. The lowest BCUT2D eigenvalue weighted by Gasteiger charge is -2.11. The van der Waals surface area contributed by atoms with E-state index in [1.54, 1.807) is 24.3 Å². The number of carbonyl (C=O) groups is 1. The maximum absolute atomic E-state index is 13.6. The minimum absolute atomic E-state index is 0.0269. The minimum atomic E-state index is -0.527. The van der Waals surface area contributed by atoms with Gasteiger partial charge in [-0.3, -0.25) is 4.79 Å². The topological polar surface area (TPSA) is 64.3 Å². The number of nitrogens with two attached hydrogens (primary N) is 1. The Balaban J connectivity index is 1.97. The summed E-state index contributed by atoms with van der Waals surface area (Å²) in [4.78, 5) is 11.8. The van der Waals surface area contributed by atoms with Gasteiger partial charge in [-0.1, -0.05) is 29.8 Å². The first-order chi connectivity index (χ1) is 10.1. The van der Waals surface area contributed by atoms with E-state index in [-0.39, 0.29) is 24.8 Å². The molecule has 2 rings (SSSR count). The summed E-state index contributed by atoms with van der Waals surface area (Å²) in [6.45, 7) is 1.83. The summed E-state index contributed by atoms with van der Waals surface area (Å²) >= 11 is 0. The zero-order valence-electron chi connectivity index (χ0n) is 11.7. The molecule has 2 aromatic rings. The van der Waals surface area contributed by atoms with Crippen LogP contribution < -0.4 is 15.8 Å². The van der Waals surface area contributed by atoms with Crippen LogP contribution in [0.2, 0.25) is 0 Å². The summed E-state index contributed by atoms with van der Waals surface area (Å²) in [5.41, 5.74) is 7.81. The van der Waals surface area contributed by atoms with Crippen LogP contribution in [0.15, 0.2) is 42.5 Å². The number of ether oxygens (including phenoxy) is 1. The minimum Gasteiger partial charge on any atom is -0.480 e. The Morgan fingerprint density at radius 1 is 1.24 bits per heavy atom. The molecule has 110 valence electrons. The molecular formula is C16H17FN2O2. The van der Waals surface area contributed by atoms with Gasteiger partial charge in [-0.2, -0.15) is 0 Å². The van der Waals surface area contributed by atoms with Crippen molar-refractivity contribution in [2.45, 2.75) is 13.5 Å². The molecule has 2 aromatic carbocycles. The molecule has 0 aliphatic rings. The molecule has 0 unspecified atom stereocenters. The molecule has 0 saturated heterocycles. The highest BCUT2D eigenvalue weighted by atomic mass is 19.1. The lowest BCUT2D eigenvalue weighted by Crippen LogP contribution is -2.21. The van der Waals surface area contributed by atoms with Crippen molar-refractivity contribution in [1.82, 2.24) is 0 Å². The predicted molar refractivity (Wildman–Crippen MR) is 79.6 cm³/mol. The van der Waals surface area contributed by atoms with E-state index >= 15 is 0 Å². The number of carbonyl (C=O) groups excluding carboxylic acids is 1. The number of anilines is 1. The van der Waals surface area contributed by atoms with Crippen LogP contribution >= 0.6 is 0 Å². The van der Waals surface area contributed by atoms with Gasteiger partial charge in [-0.15, -0.1) is 0 Å². The lowest BCUT2D eigenvalue weighted by molar-refractivity contribution is -0.118. The Labute approximate surface area is 122 Å². The quantitative estimate of drug-likeness (QED) is 0.889. The molecule has 0 aromatic heterocycles. The molecule has 0 aliphatic carbocycles. The standard InChI is InChI=1S/C16H17FN2O2/c1-11-5-7-13(8-6-11)19-15(20)10-21-16-12(9-18)3-2-4-14(16)17/h2-8H,9-10,18H2,1H3,(H,19,20). The Morgan fingerprint density at radius 3 is 2.62 bits per heavy atom. The van der Waals surface area contributed by atoms with Crippen LogP contribution in [0.25, 0.3) is 0 Å². The Kier molecular flexibility index (Phi) is 4.90. The number of nitrogens with one attached hydrogen (secondary N) is 1. The van der Waals surface area contributed by atoms with Crippen molar-refractivity contribution in [2.24, 2.45) is 5.73 Å². The van der Waals surface area contributed by atoms with Gasteiger partial charge in [-0.05, 0) is 25.1 Å². The molecule has 0 fully saturated rings. The number of aryl methyl sites for hydroxylation is 1. The number of halogens is 1. The molecule has 5 heteroatoms. The third-order valence-electron chi connectivity index (χ3n) is 2.95. The number of para-hydroxylation sites is 1. The summed E-state index contributed by atoms with van der Waals surface area (Å²) in [6, 6.07) is 11.8. The highest BCUT2D eigenvalue weighted by Gasteiger charge is 2.11. The van der Waals surface area contributed by atoms with Crippen LogP contribution in [0.1, 0.15) is 11.1 Å². The Bertz CT molecular complexity index is 627. The average molecular weight is 288 g/mol. The molecule has 0 bridgehead atoms. The van der Waals surface area contributed by atoms with Crippen LogP contribution in [0, 0.1) is 12.7 Å². The van der Waals surface area contributed by atoms with Gasteiger partial charge in [0.05, 0.1) is 0 Å². The van der Waals surface area contributed by atoms with Crippen molar-refractivity contribution < 1.29 is 13.9 Å². The molecule has 0 spiro atoms. The molecular weight excluding hydrogens is 271 g/mol. The second-order valence-corrected chi connectivity index (χ2v) is 4.64. The van der Waals surface area contributed by atoms with Crippen molar-refractivity contribution in [3.8, 4) is 5.75 Å². The van der Waals surface area contributed by atoms with Crippen molar-refractivity contribution >= 4 is 11.6 Å². The molecule has 1 amide bonds. The second-order valence-electron chi connectivity index (χ2n) is 4.64. The normalized spacial score (nSPS) is 10.2. The molecule has 3 N–H and O–H groups in total.